The highest BCUT2D eigenvalue weighted by atomic mass is 32.1. The third-order valence-corrected chi connectivity index (χ3v) is 5.30. The Morgan fingerprint density at radius 3 is 2.56 bits per heavy atom. The third kappa shape index (κ3) is 4.14. The van der Waals surface area contributed by atoms with Gasteiger partial charge in [-0.3, -0.25) is 4.90 Å². The van der Waals surface area contributed by atoms with Crippen molar-refractivity contribution in [1.82, 2.24) is 14.9 Å². The van der Waals surface area contributed by atoms with E-state index in [0.29, 0.717) is 31.3 Å². The molecule has 27 heavy (non-hydrogen) atoms. The number of rotatable bonds is 4. The highest BCUT2D eigenvalue weighted by Gasteiger charge is 2.31. The summed E-state index contributed by atoms with van der Waals surface area (Å²) in [6, 6.07) is 6.44. The molecule has 0 unspecified atom stereocenters. The van der Waals surface area contributed by atoms with Crippen molar-refractivity contribution in [2.75, 3.05) is 31.1 Å². The first kappa shape index (κ1) is 18.0. The van der Waals surface area contributed by atoms with E-state index in [0.717, 1.165) is 35.9 Å². The van der Waals surface area contributed by atoms with Gasteiger partial charge in [-0.05, 0) is 23.6 Å². The quantitative estimate of drug-likeness (QED) is 0.666. The molecule has 0 amide bonds. The second-order valence-corrected chi connectivity index (χ2v) is 7.24. The molecule has 0 spiro atoms. The van der Waals surface area contributed by atoms with Crippen molar-refractivity contribution in [3.8, 4) is 10.8 Å². The van der Waals surface area contributed by atoms with Crippen LogP contribution >= 0.6 is 11.3 Å². The summed E-state index contributed by atoms with van der Waals surface area (Å²) in [6.07, 6.45) is -1.79. The molecule has 5 nitrogen and oxygen atoms in total. The number of oxazole rings is 1. The van der Waals surface area contributed by atoms with Crippen LogP contribution in [0.15, 0.2) is 46.5 Å². The van der Waals surface area contributed by atoms with E-state index in [1.54, 1.807) is 17.6 Å². The molecule has 142 valence electrons. The lowest BCUT2D eigenvalue weighted by Crippen LogP contribution is -2.46. The zero-order chi connectivity index (χ0) is 18.9. The van der Waals surface area contributed by atoms with Crippen LogP contribution in [0.25, 0.3) is 10.8 Å². The molecule has 1 aliphatic heterocycles. The number of piperazine rings is 1. The number of hydrogen-bond donors (Lipinski definition) is 0. The lowest BCUT2D eigenvalue weighted by molar-refractivity contribution is -0.137. The molecule has 9 heteroatoms. The maximum absolute atomic E-state index is 12.6. The highest BCUT2D eigenvalue weighted by Crippen LogP contribution is 2.29. The van der Waals surface area contributed by atoms with Crippen LogP contribution in [-0.2, 0) is 12.7 Å². The van der Waals surface area contributed by atoms with Crippen molar-refractivity contribution in [2.45, 2.75) is 12.7 Å². The van der Waals surface area contributed by atoms with Gasteiger partial charge in [0.1, 0.15) is 12.1 Å². The number of anilines is 1. The largest absolute Gasteiger partial charge is 0.444 e. The fourth-order valence-corrected chi connectivity index (χ4v) is 3.65. The van der Waals surface area contributed by atoms with Gasteiger partial charge in [0.2, 0.25) is 5.89 Å². The molecule has 3 aromatic heterocycles. The minimum Gasteiger partial charge on any atom is -0.444 e. The maximum Gasteiger partial charge on any atom is 0.417 e. The van der Waals surface area contributed by atoms with Gasteiger partial charge in [0, 0.05) is 38.9 Å². The van der Waals surface area contributed by atoms with Crippen LogP contribution < -0.4 is 4.90 Å². The van der Waals surface area contributed by atoms with E-state index in [1.807, 2.05) is 22.4 Å². The molecule has 3 aromatic rings. The zero-order valence-electron chi connectivity index (χ0n) is 14.3. The Bertz CT molecular complexity index is 869. The van der Waals surface area contributed by atoms with E-state index < -0.39 is 11.7 Å². The Hall–Kier alpha value is -2.39. The van der Waals surface area contributed by atoms with Crippen LogP contribution in [0.3, 0.4) is 0 Å². The Morgan fingerprint density at radius 1 is 1.11 bits per heavy atom. The molecule has 0 N–H and O–H groups in total. The van der Waals surface area contributed by atoms with E-state index in [-0.39, 0.29) is 0 Å². The highest BCUT2D eigenvalue weighted by molar-refractivity contribution is 7.13. The molecule has 0 bridgehead atoms. The molecule has 0 atom stereocenters. The van der Waals surface area contributed by atoms with Crippen molar-refractivity contribution < 1.29 is 17.6 Å². The Balaban J connectivity index is 1.33. The molecule has 0 saturated carbocycles. The van der Waals surface area contributed by atoms with Gasteiger partial charge in [-0.25, -0.2) is 9.97 Å². The molecular formula is C18H17F3N4OS. The molecule has 4 heterocycles. The molecule has 0 aliphatic carbocycles. The first-order valence-electron chi connectivity index (χ1n) is 8.48. The number of nitrogens with zero attached hydrogens (tertiary/aromatic N) is 4. The van der Waals surface area contributed by atoms with E-state index in [9.17, 15) is 13.2 Å². The summed E-state index contributed by atoms with van der Waals surface area (Å²) in [7, 11) is 0. The van der Waals surface area contributed by atoms with E-state index >= 15 is 0 Å². The number of aromatic nitrogens is 2. The minimum absolute atomic E-state index is 0.573. The van der Waals surface area contributed by atoms with Crippen molar-refractivity contribution >= 4 is 17.2 Å². The molecule has 1 aliphatic rings. The normalized spacial score (nSPS) is 16.0. The zero-order valence-corrected chi connectivity index (χ0v) is 15.1. The molecule has 0 radical (unpaired) electrons. The SMILES string of the molecule is FC(F)(F)c1ccc(N2CCN(Cc3coc(-c4cccs4)n3)CC2)nc1. The van der Waals surface area contributed by atoms with Crippen molar-refractivity contribution in [3.63, 3.8) is 0 Å². The number of pyridine rings is 1. The smallest absolute Gasteiger partial charge is 0.417 e. The van der Waals surface area contributed by atoms with Gasteiger partial charge in [0.15, 0.2) is 0 Å². The lowest BCUT2D eigenvalue weighted by atomic mass is 10.2. The Labute approximate surface area is 158 Å². The van der Waals surface area contributed by atoms with E-state index in [4.69, 9.17) is 4.42 Å². The topological polar surface area (TPSA) is 45.4 Å². The van der Waals surface area contributed by atoms with Crippen LogP contribution in [0.1, 0.15) is 11.3 Å². The van der Waals surface area contributed by atoms with E-state index in [1.165, 1.54) is 6.07 Å². The summed E-state index contributed by atoms with van der Waals surface area (Å²) < 4.78 is 43.5. The number of hydrogen-bond acceptors (Lipinski definition) is 6. The van der Waals surface area contributed by atoms with Gasteiger partial charge < -0.3 is 9.32 Å². The first-order chi connectivity index (χ1) is 13.0. The second kappa shape index (κ2) is 7.32. The fraction of sp³-hybridized carbons (Fsp3) is 0.333. The average molecular weight is 394 g/mol. The average Bonchev–Trinajstić information content (AvgIpc) is 3.33. The summed E-state index contributed by atoms with van der Waals surface area (Å²) in [5.41, 5.74) is 0.150. The van der Waals surface area contributed by atoms with Gasteiger partial charge in [-0.15, -0.1) is 11.3 Å². The van der Waals surface area contributed by atoms with Crippen molar-refractivity contribution in [3.05, 3.63) is 53.4 Å². The monoisotopic (exact) mass is 394 g/mol. The van der Waals surface area contributed by atoms with Crippen LogP contribution in [0.5, 0.6) is 0 Å². The summed E-state index contributed by atoms with van der Waals surface area (Å²) >= 11 is 1.58. The predicted molar refractivity (Wildman–Crippen MR) is 96.5 cm³/mol. The summed E-state index contributed by atoms with van der Waals surface area (Å²) in [5, 5.41) is 1.98. The van der Waals surface area contributed by atoms with Crippen LogP contribution in [-0.4, -0.2) is 41.0 Å². The van der Waals surface area contributed by atoms with Gasteiger partial charge >= 0.3 is 6.18 Å². The van der Waals surface area contributed by atoms with Crippen LogP contribution in [0.2, 0.25) is 0 Å². The Kier molecular flexibility index (Phi) is 4.88. The van der Waals surface area contributed by atoms with E-state index in [2.05, 4.69) is 14.9 Å². The van der Waals surface area contributed by atoms with Gasteiger partial charge in [-0.2, -0.15) is 13.2 Å². The second-order valence-electron chi connectivity index (χ2n) is 6.29. The molecule has 0 aromatic carbocycles. The Morgan fingerprint density at radius 2 is 1.93 bits per heavy atom. The van der Waals surface area contributed by atoms with Crippen molar-refractivity contribution in [1.29, 1.82) is 0 Å². The van der Waals surface area contributed by atoms with Crippen LogP contribution in [0, 0.1) is 0 Å². The molecule has 4 rings (SSSR count). The maximum atomic E-state index is 12.6. The van der Waals surface area contributed by atoms with Crippen molar-refractivity contribution in [2.24, 2.45) is 0 Å². The van der Waals surface area contributed by atoms with Gasteiger partial charge in [0.05, 0.1) is 16.1 Å². The summed E-state index contributed by atoms with van der Waals surface area (Å²) in [4.78, 5) is 13.7. The fourth-order valence-electron chi connectivity index (χ4n) is 3.00. The standard InChI is InChI=1S/C18H17F3N4OS/c19-18(20,21)13-3-4-16(22-10-13)25-7-5-24(6-8-25)11-14-12-26-17(23-14)15-2-1-9-27-15/h1-4,9-10,12H,5-8,11H2. The summed E-state index contributed by atoms with van der Waals surface area (Å²) in [5.74, 6) is 1.21. The first-order valence-corrected chi connectivity index (χ1v) is 9.36. The number of halogens is 3. The lowest BCUT2D eigenvalue weighted by Gasteiger charge is -2.35. The van der Waals surface area contributed by atoms with Gasteiger partial charge in [-0.1, -0.05) is 6.07 Å². The molecular weight excluding hydrogens is 377 g/mol. The molecule has 1 fully saturated rings. The van der Waals surface area contributed by atoms with Crippen LogP contribution in [0.4, 0.5) is 19.0 Å². The predicted octanol–water partition coefficient (Wildman–Crippen LogP) is 4.14. The number of alkyl halides is 3. The van der Waals surface area contributed by atoms with Gasteiger partial charge in [0.25, 0.3) is 0 Å². The minimum atomic E-state index is -4.36. The number of thiophene rings is 1. The molecule has 1 saturated heterocycles. The third-order valence-electron chi connectivity index (χ3n) is 4.44. The summed E-state index contributed by atoms with van der Waals surface area (Å²) in [6.45, 7) is 3.65.